The summed E-state index contributed by atoms with van der Waals surface area (Å²) in [5.41, 5.74) is 0.622. The van der Waals surface area contributed by atoms with Crippen LogP contribution in [-0.4, -0.2) is 24.0 Å². The number of esters is 1. The lowest BCUT2D eigenvalue weighted by Gasteiger charge is -2.27. The van der Waals surface area contributed by atoms with Crippen LogP contribution < -0.4 is 5.32 Å². The van der Waals surface area contributed by atoms with Gasteiger partial charge in [-0.15, -0.1) is 0 Å². The summed E-state index contributed by atoms with van der Waals surface area (Å²) in [7, 11) is 0. The number of rotatable bonds is 4. The van der Waals surface area contributed by atoms with Gasteiger partial charge in [0.25, 0.3) is 5.91 Å². The Labute approximate surface area is 142 Å². The van der Waals surface area contributed by atoms with E-state index in [0.29, 0.717) is 12.0 Å². The van der Waals surface area contributed by atoms with E-state index in [-0.39, 0.29) is 35.9 Å². The first-order chi connectivity index (χ1) is 11.5. The van der Waals surface area contributed by atoms with E-state index >= 15 is 0 Å². The number of carbonyl (C=O) groups is 2. The lowest BCUT2D eigenvalue weighted by atomic mass is 9.93. The molecule has 4 nitrogen and oxygen atoms in total. The molecular weight excluding hydrogens is 302 g/mol. The second-order valence-electron chi connectivity index (χ2n) is 6.92. The molecule has 0 radical (unpaired) electrons. The molecular formula is C20H23NO3. The Hall–Kier alpha value is -2.36. The fourth-order valence-corrected chi connectivity index (χ4v) is 3.23. The van der Waals surface area contributed by atoms with E-state index in [1.54, 1.807) is 0 Å². The van der Waals surface area contributed by atoms with Crippen LogP contribution in [0.2, 0.25) is 0 Å². The third-order valence-corrected chi connectivity index (χ3v) is 4.68. The largest absolute Gasteiger partial charge is 0.460 e. The van der Waals surface area contributed by atoms with Gasteiger partial charge in [-0.3, -0.25) is 9.59 Å². The molecule has 4 heteroatoms. The number of hydrogen-bond acceptors (Lipinski definition) is 3. The number of carbonyl (C=O) groups excluding carboxylic acids is 2. The third-order valence-electron chi connectivity index (χ3n) is 4.68. The highest BCUT2D eigenvalue weighted by molar-refractivity contribution is 5.98. The number of ether oxygens (including phenoxy) is 1. The van der Waals surface area contributed by atoms with Crippen LogP contribution in [0.4, 0.5) is 0 Å². The zero-order chi connectivity index (χ0) is 17.3. The maximum Gasteiger partial charge on any atom is 0.309 e. The molecule has 2 aromatic carbocycles. The third kappa shape index (κ3) is 3.28. The predicted molar refractivity (Wildman–Crippen MR) is 93.7 cm³/mol. The molecule has 0 saturated carbocycles. The van der Waals surface area contributed by atoms with Crippen LogP contribution in [0.1, 0.15) is 37.6 Å². The monoisotopic (exact) mass is 325 g/mol. The van der Waals surface area contributed by atoms with E-state index in [2.05, 4.69) is 5.32 Å². The van der Waals surface area contributed by atoms with Gasteiger partial charge in [-0.2, -0.15) is 0 Å². The van der Waals surface area contributed by atoms with Crippen LogP contribution in [0, 0.1) is 11.8 Å². The summed E-state index contributed by atoms with van der Waals surface area (Å²) in [5, 5.41) is 5.20. The van der Waals surface area contributed by atoms with E-state index < -0.39 is 0 Å². The Bertz CT molecular complexity index is 768. The first-order valence-electron chi connectivity index (χ1n) is 8.46. The molecule has 1 saturated heterocycles. The molecule has 3 rings (SSSR count). The predicted octanol–water partition coefficient (Wildman–Crippen LogP) is 3.55. The molecule has 1 aliphatic rings. The van der Waals surface area contributed by atoms with E-state index in [1.165, 1.54) is 0 Å². The van der Waals surface area contributed by atoms with Gasteiger partial charge in [-0.1, -0.05) is 51.1 Å². The molecule has 0 aromatic heterocycles. The van der Waals surface area contributed by atoms with Crippen molar-refractivity contribution in [3.05, 3.63) is 48.0 Å². The van der Waals surface area contributed by atoms with E-state index in [4.69, 9.17) is 4.74 Å². The highest BCUT2D eigenvalue weighted by Crippen LogP contribution is 2.26. The Morgan fingerprint density at radius 3 is 2.50 bits per heavy atom. The highest BCUT2D eigenvalue weighted by atomic mass is 16.6. The lowest BCUT2D eigenvalue weighted by molar-refractivity contribution is -0.145. The second-order valence-corrected chi connectivity index (χ2v) is 6.92. The maximum absolute atomic E-state index is 12.7. The molecule has 0 spiro atoms. The van der Waals surface area contributed by atoms with Gasteiger partial charge in [0, 0.05) is 5.56 Å². The normalized spacial score (nSPS) is 21.8. The topological polar surface area (TPSA) is 55.4 Å². The first-order valence-corrected chi connectivity index (χ1v) is 8.46. The first kappa shape index (κ1) is 16.5. The molecule has 3 atom stereocenters. The number of nitrogens with one attached hydrogen (secondary N) is 1. The average Bonchev–Trinajstić information content (AvgIpc) is 2.90. The van der Waals surface area contributed by atoms with E-state index in [0.717, 1.165) is 10.8 Å². The summed E-state index contributed by atoms with van der Waals surface area (Å²) in [5.74, 6) is -0.230. The highest BCUT2D eigenvalue weighted by Gasteiger charge is 2.38. The van der Waals surface area contributed by atoms with Gasteiger partial charge in [0.15, 0.2) is 0 Å². The number of hydrogen-bond donors (Lipinski definition) is 1. The van der Waals surface area contributed by atoms with Crippen LogP contribution in [-0.2, 0) is 9.53 Å². The van der Waals surface area contributed by atoms with E-state index in [1.807, 2.05) is 63.2 Å². The van der Waals surface area contributed by atoms with Gasteiger partial charge in [-0.05, 0) is 35.2 Å². The Morgan fingerprint density at radius 2 is 1.88 bits per heavy atom. The zero-order valence-electron chi connectivity index (χ0n) is 14.3. The van der Waals surface area contributed by atoms with Crippen LogP contribution in [0.3, 0.4) is 0 Å². The van der Waals surface area contributed by atoms with Gasteiger partial charge >= 0.3 is 5.97 Å². The van der Waals surface area contributed by atoms with Crippen molar-refractivity contribution in [3.8, 4) is 0 Å². The maximum atomic E-state index is 12.7. The van der Waals surface area contributed by atoms with Crippen LogP contribution >= 0.6 is 0 Å². The summed E-state index contributed by atoms with van der Waals surface area (Å²) in [6, 6.07) is 13.4. The summed E-state index contributed by atoms with van der Waals surface area (Å²) < 4.78 is 5.45. The fourth-order valence-electron chi connectivity index (χ4n) is 3.23. The van der Waals surface area contributed by atoms with E-state index in [9.17, 15) is 9.59 Å². The van der Waals surface area contributed by atoms with Crippen molar-refractivity contribution >= 4 is 22.6 Å². The summed E-state index contributed by atoms with van der Waals surface area (Å²) in [6.07, 6.45) is 0.400. The minimum absolute atomic E-state index is 0.103. The zero-order valence-corrected chi connectivity index (χ0v) is 14.3. The summed E-state index contributed by atoms with van der Waals surface area (Å²) >= 11 is 0. The number of amides is 1. The molecule has 0 bridgehead atoms. The molecule has 2 aromatic rings. The molecule has 1 heterocycles. The number of benzene rings is 2. The van der Waals surface area contributed by atoms with Crippen molar-refractivity contribution in [2.24, 2.45) is 11.8 Å². The molecule has 1 amide bonds. The van der Waals surface area contributed by atoms with Gasteiger partial charge < -0.3 is 10.1 Å². The molecule has 3 unspecified atom stereocenters. The average molecular weight is 325 g/mol. The fraction of sp³-hybridized carbons (Fsp3) is 0.400. The SMILES string of the molecule is CC1CC(C(NC(=O)c2ccc3ccccc3c2)C(C)C)OC1=O. The van der Waals surface area contributed by atoms with Crippen LogP contribution in [0.25, 0.3) is 10.8 Å². The van der Waals surface area contributed by atoms with Crippen LogP contribution in [0.5, 0.6) is 0 Å². The summed E-state index contributed by atoms with van der Waals surface area (Å²) in [4.78, 5) is 24.4. The molecule has 1 N–H and O–H groups in total. The standard InChI is InChI=1S/C20H23NO3/c1-12(2)18(17-10-13(3)20(23)24-17)21-19(22)16-9-8-14-6-4-5-7-15(14)11-16/h4-9,11-13,17-18H,10H2,1-3H3,(H,21,22). The second kappa shape index (κ2) is 6.63. The van der Waals surface area contributed by atoms with Crippen molar-refractivity contribution in [2.75, 3.05) is 0 Å². The quantitative estimate of drug-likeness (QED) is 0.875. The van der Waals surface area contributed by atoms with Crippen molar-refractivity contribution in [1.29, 1.82) is 0 Å². The molecule has 24 heavy (non-hydrogen) atoms. The van der Waals surface area contributed by atoms with Crippen molar-refractivity contribution in [2.45, 2.75) is 39.3 Å². The minimum Gasteiger partial charge on any atom is -0.460 e. The molecule has 126 valence electrons. The van der Waals surface area contributed by atoms with Crippen LogP contribution in [0.15, 0.2) is 42.5 Å². The Kier molecular flexibility index (Phi) is 4.56. The Morgan fingerprint density at radius 1 is 1.17 bits per heavy atom. The van der Waals surface area contributed by atoms with Crippen molar-refractivity contribution in [1.82, 2.24) is 5.32 Å². The lowest BCUT2D eigenvalue weighted by Crippen LogP contribution is -2.46. The Balaban J connectivity index is 1.78. The van der Waals surface area contributed by atoms with Crippen molar-refractivity contribution in [3.63, 3.8) is 0 Å². The number of fused-ring (bicyclic) bond motifs is 1. The summed E-state index contributed by atoms with van der Waals surface area (Å²) in [6.45, 7) is 5.93. The van der Waals surface area contributed by atoms with Gasteiger partial charge in [0.2, 0.25) is 0 Å². The minimum atomic E-state index is -0.253. The molecule has 1 fully saturated rings. The van der Waals surface area contributed by atoms with Gasteiger partial charge in [-0.25, -0.2) is 0 Å². The smallest absolute Gasteiger partial charge is 0.309 e. The number of cyclic esters (lactones) is 1. The molecule has 0 aliphatic carbocycles. The van der Waals surface area contributed by atoms with Gasteiger partial charge in [0.1, 0.15) is 6.10 Å². The van der Waals surface area contributed by atoms with Gasteiger partial charge in [0.05, 0.1) is 12.0 Å². The van der Waals surface area contributed by atoms with Crippen molar-refractivity contribution < 1.29 is 14.3 Å². The molecule has 1 aliphatic heterocycles.